The highest BCUT2D eigenvalue weighted by atomic mass is 32.2. The molecular weight excluding hydrogens is 314 g/mol. The third-order valence-corrected chi connectivity index (χ3v) is 4.69. The van der Waals surface area contributed by atoms with Crippen molar-refractivity contribution in [1.82, 2.24) is 9.55 Å². The SMILES string of the molecule is COc1cccc(NC(=O)CC2CSc3nc(C)cc(=O)n32)c1. The summed E-state index contributed by atoms with van der Waals surface area (Å²) >= 11 is 1.51. The second kappa shape index (κ2) is 6.45. The van der Waals surface area contributed by atoms with E-state index in [1.165, 1.54) is 17.8 Å². The minimum absolute atomic E-state index is 0.100. The lowest BCUT2D eigenvalue weighted by molar-refractivity contribution is -0.116. The summed E-state index contributed by atoms with van der Waals surface area (Å²) in [4.78, 5) is 28.7. The van der Waals surface area contributed by atoms with Crippen molar-refractivity contribution in [2.24, 2.45) is 0 Å². The van der Waals surface area contributed by atoms with Crippen LogP contribution in [0.5, 0.6) is 5.75 Å². The Bertz CT molecular complexity index is 803. The Morgan fingerprint density at radius 3 is 3.09 bits per heavy atom. The van der Waals surface area contributed by atoms with E-state index in [9.17, 15) is 9.59 Å². The number of carbonyl (C=O) groups excluding carboxylic acids is 1. The zero-order valence-corrected chi connectivity index (χ0v) is 13.7. The summed E-state index contributed by atoms with van der Waals surface area (Å²) in [7, 11) is 1.58. The third kappa shape index (κ3) is 3.39. The fourth-order valence-electron chi connectivity index (χ4n) is 2.54. The maximum Gasteiger partial charge on any atom is 0.254 e. The Morgan fingerprint density at radius 1 is 1.48 bits per heavy atom. The van der Waals surface area contributed by atoms with Crippen LogP contribution in [-0.4, -0.2) is 28.3 Å². The van der Waals surface area contributed by atoms with Crippen LogP contribution >= 0.6 is 11.8 Å². The first-order chi connectivity index (χ1) is 11.1. The lowest BCUT2D eigenvalue weighted by Crippen LogP contribution is -2.27. The number of fused-ring (bicyclic) bond motifs is 1. The lowest BCUT2D eigenvalue weighted by atomic mass is 10.2. The van der Waals surface area contributed by atoms with E-state index < -0.39 is 0 Å². The smallest absolute Gasteiger partial charge is 0.254 e. The Morgan fingerprint density at radius 2 is 2.30 bits per heavy atom. The number of thioether (sulfide) groups is 1. The number of hydrogen-bond acceptors (Lipinski definition) is 5. The van der Waals surface area contributed by atoms with Gasteiger partial charge < -0.3 is 10.1 Å². The van der Waals surface area contributed by atoms with Gasteiger partial charge in [-0.15, -0.1) is 0 Å². The summed E-state index contributed by atoms with van der Waals surface area (Å²) < 4.78 is 6.75. The highest BCUT2D eigenvalue weighted by molar-refractivity contribution is 7.99. The van der Waals surface area contributed by atoms with Crippen molar-refractivity contribution in [3.63, 3.8) is 0 Å². The molecule has 0 aliphatic carbocycles. The van der Waals surface area contributed by atoms with Crippen molar-refractivity contribution in [1.29, 1.82) is 0 Å². The van der Waals surface area contributed by atoms with E-state index in [2.05, 4.69) is 10.3 Å². The zero-order chi connectivity index (χ0) is 16.4. The van der Waals surface area contributed by atoms with Gasteiger partial charge in [-0.1, -0.05) is 17.8 Å². The van der Waals surface area contributed by atoms with Crippen LogP contribution in [0.1, 0.15) is 18.2 Å². The zero-order valence-electron chi connectivity index (χ0n) is 12.9. The molecule has 1 aromatic carbocycles. The first kappa shape index (κ1) is 15.6. The van der Waals surface area contributed by atoms with Crippen molar-refractivity contribution in [2.75, 3.05) is 18.2 Å². The summed E-state index contributed by atoms with van der Waals surface area (Å²) in [5.74, 6) is 1.22. The van der Waals surface area contributed by atoms with E-state index in [0.717, 1.165) is 0 Å². The number of anilines is 1. The maximum atomic E-state index is 12.3. The number of rotatable bonds is 4. The van der Waals surface area contributed by atoms with Crippen molar-refractivity contribution < 1.29 is 9.53 Å². The number of benzene rings is 1. The number of methoxy groups -OCH3 is 1. The number of aromatic nitrogens is 2. The molecule has 1 N–H and O–H groups in total. The van der Waals surface area contributed by atoms with Crippen LogP contribution in [0.25, 0.3) is 0 Å². The Balaban J connectivity index is 1.72. The summed E-state index contributed by atoms with van der Waals surface area (Å²) in [5.41, 5.74) is 1.28. The molecule has 2 aromatic rings. The normalized spacial score (nSPS) is 16.0. The second-order valence-corrected chi connectivity index (χ2v) is 6.32. The molecule has 1 unspecified atom stereocenters. The molecule has 6 nitrogen and oxygen atoms in total. The van der Waals surface area contributed by atoms with E-state index >= 15 is 0 Å². The molecule has 0 saturated carbocycles. The monoisotopic (exact) mass is 331 g/mol. The molecular formula is C16H17N3O3S. The molecule has 1 atom stereocenters. The lowest BCUT2D eigenvalue weighted by Gasteiger charge is -2.13. The van der Waals surface area contributed by atoms with Crippen LogP contribution in [0.4, 0.5) is 5.69 Å². The van der Waals surface area contributed by atoms with Gasteiger partial charge in [-0.3, -0.25) is 14.2 Å². The number of hydrogen-bond donors (Lipinski definition) is 1. The van der Waals surface area contributed by atoms with E-state index in [1.807, 2.05) is 12.1 Å². The summed E-state index contributed by atoms with van der Waals surface area (Å²) in [6.45, 7) is 1.80. The molecule has 23 heavy (non-hydrogen) atoms. The quantitative estimate of drug-likeness (QED) is 0.870. The van der Waals surface area contributed by atoms with Crippen molar-refractivity contribution in [3.8, 4) is 5.75 Å². The fraction of sp³-hybridized carbons (Fsp3) is 0.312. The van der Waals surface area contributed by atoms with E-state index in [0.29, 0.717) is 28.0 Å². The van der Waals surface area contributed by atoms with Gasteiger partial charge in [0.1, 0.15) is 5.75 Å². The van der Waals surface area contributed by atoms with Crippen molar-refractivity contribution in [3.05, 3.63) is 46.4 Å². The van der Waals surface area contributed by atoms with E-state index in [1.54, 1.807) is 30.7 Å². The highest BCUT2D eigenvalue weighted by Gasteiger charge is 2.27. The van der Waals surface area contributed by atoms with Crippen LogP contribution in [0.2, 0.25) is 0 Å². The average molecular weight is 331 g/mol. The predicted molar refractivity (Wildman–Crippen MR) is 89.2 cm³/mol. The predicted octanol–water partition coefficient (Wildman–Crippen LogP) is 2.24. The van der Waals surface area contributed by atoms with Gasteiger partial charge in [0.25, 0.3) is 5.56 Å². The molecule has 2 heterocycles. The minimum Gasteiger partial charge on any atom is -0.497 e. The Hall–Kier alpha value is -2.28. The van der Waals surface area contributed by atoms with Gasteiger partial charge in [-0.2, -0.15) is 0 Å². The number of carbonyl (C=O) groups is 1. The average Bonchev–Trinajstić information content (AvgIpc) is 2.90. The first-order valence-electron chi connectivity index (χ1n) is 7.23. The molecule has 7 heteroatoms. The molecule has 1 aliphatic heterocycles. The molecule has 0 radical (unpaired) electrons. The second-order valence-electron chi connectivity index (χ2n) is 5.34. The number of nitrogens with zero attached hydrogens (tertiary/aromatic N) is 2. The Labute approximate surface area is 137 Å². The Kier molecular flexibility index (Phi) is 4.38. The number of amides is 1. The number of aryl methyl sites for hydroxylation is 1. The number of ether oxygens (including phenoxy) is 1. The molecule has 0 spiro atoms. The van der Waals surface area contributed by atoms with Gasteiger partial charge in [0, 0.05) is 35.7 Å². The van der Waals surface area contributed by atoms with Gasteiger partial charge in [0.2, 0.25) is 5.91 Å². The standard InChI is InChI=1S/C16H17N3O3S/c1-10-6-15(21)19-12(9-23-16(19)17-10)8-14(20)18-11-4-3-5-13(7-11)22-2/h3-7,12H,8-9H2,1-2H3,(H,18,20). The molecule has 1 aliphatic rings. The first-order valence-corrected chi connectivity index (χ1v) is 8.22. The van der Waals surface area contributed by atoms with Gasteiger partial charge in [0.05, 0.1) is 13.2 Å². The molecule has 1 aromatic heterocycles. The van der Waals surface area contributed by atoms with Gasteiger partial charge >= 0.3 is 0 Å². The van der Waals surface area contributed by atoms with Gasteiger partial charge in [-0.05, 0) is 19.1 Å². The maximum absolute atomic E-state index is 12.3. The van der Waals surface area contributed by atoms with Crippen LogP contribution < -0.4 is 15.6 Å². The van der Waals surface area contributed by atoms with E-state index in [4.69, 9.17) is 4.74 Å². The van der Waals surface area contributed by atoms with Crippen LogP contribution in [0.15, 0.2) is 40.3 Å². The van der Waals surface area contributed by atoms with Crippen LogP contribution in [0.3, 0.4) is 0 Å². The van der Waals surface area contributed by atoms with Crippen molar-refractivity contribution >= 4 is 23.4 Å². The van der Waals surface area contributed by atoms with Gasteiger partial charge in [0.15, 0.2) is 5.16 Å². The largest absolute Gasteiger partial charge is 0.497 e. The van der Waals surface area contributed by atoms with Crippen molar-refractivity contribution in [2.45, 2.75) is 24.5 Å². The van der Waals surface area contributed by atoms with Crippen LogP contribution in [-0.2, 0) is 4.79 Å². The summed E-state index contributed by atoms with van der Waals surface area (Å²) in [5, 5.41) is 3.53. The molecule has 3 rings (SSSR count). The molecule has 0 bridgehead atoms. The van der Waals surface area contributed by atoms with Crippen LogP contribution in [0, 0.1) is 6.92 Å². The molecule has 1 amide bonds. The van der Waals surface area contributed by atoms with Gasteiger partial charge in [-0.25, -0.2) is 4.98 Å². The molecule has 0 saturated heterocycles. The summed E-state index contributed by atoms with van der Waals surface area (Å²) in [6.07, 6.45) is 0.238. The minimum atomic E-state index is -0.166. The topological polar surface area (TPSA) is 73.2 Å². The fourth-order valence-corrected chi connectivity index (χ4v) is 3.73. The summed E-state index contributed by atoms with van der Waals surface area (Å²) in [6, 6.07) is 8.52. The third-order valence-electron chi connectivity index (χ3n) is 3.59. The van der Waals surface area contributed by atoms with E-state index in [-0.39, 0.29) is 23.9 Å². The molecule has 0 fully saturated rings. The number of nitrogens with one attached hydrogen (secondary N) is 1. The highest BCUT2D eigenvalue weighted by Crippen LogP contribution is 2.32. The molecule has 120 valence electrons.